The van der Waals surface area contributed by atoms with Crippen LogP contribution in [0.2, 0.25) is 0 Å². The molecule has 0 saturated carbocycles. The van der Waals surface area contributed by atoms with Gasteiger partial charge in [0.25, 0.3) is 0 Å². The molecule has 3 nitrogen and oxygen atoms in total. The fourth-order valence-electron chi connectivity index (χ4n) is 1.98. The Labute approximate surface area is 114 Å². The first-order valence-corrected chi connectivity index (χ1v) is 6.77. The molecule has 1 aromatic rings. The first-order chi connectivity index (χ1) is 9.26. The van der Waals surface area contributed by atoms with E-state index in [0.717, 1.165) is 31.4 Å². The molecule has 0 aromatic heterocycles. The lowest BCUT2D eigenvalue weighted by atomic mass is 9.95. The molecule has 2 N–H and O–H groups in total. The number of rotatable bonds is 10. The molecule has 108 valence electrons. The van der Waals surface area contributed by atoms with Crippen molar-refractivity contribution >= 4 is 0 Å². The molecule has 0 aliphatic carbocycles. The Morgan fingerprint density at radius 3 is 2.53 bits per heavy atom. The van der Waals surface area contributed by atoms with Crippen LogP contribution in [-0.2, 0) is 15.9 Å². The molecule has 0 heterocycles. The number of hydrogen-bond donors (Lipinski definition) is 1. The molecule has 0 fully saturated rings. The summed E-state index contributed by atoms with van der Waals surface area (Å²) in [7, 11) is 1.66. The van der Waals surface area contributed by atoms with Gasteiger partial charge in [-0.2, -0.15) is 0 Å². The van der Waals surface area contributed by atoms with E-state index in [1.54, 1.807) is 7.11 Å². The first kappa shape index (κ1) is 16.1. The predicted molar refractivity (Wildman–Crippen MR) is 74.6 cm³/mol. The molecule has 1 unspecified atom stereocenters. The molecule has 0 aliphatic heterocycles. The van der Waals surface area contributed by atoms with Crippen molar-refractivity contribution in [2.75, 3.05) is 33.5 Å². The van der Waals surface area contributed by atoms with Gasteiger partial charge in [-0.05, 0) is 49.4 Å². The summed E-state index contributed by atoms with van der Waals surface area (Å²) in [5.41, 5.74) is 6.91. The van der Waals surface area contributed by atoms with Crippen molar-refractivity contribution in [3.05, 3.63) is 35.6 Å². The molecular formula is C15H24FNO2. The van der Waals surface area contributed by atoms with E-state index in [1.165, 1.54) is 12.1 Å². The van der Waals surface area contributed by atoms with Gasteiger partial charge in [-0.1, -0.05) is 12.1 Å². The van der Waals surface area contributed by atoms with Gasteiger partial charge in [-0.15, -0.1) is 0 Å². The lowest BCUT2D eigenvalue weighted by Gasteiger charge is -2.14. The number of ether oxygens (including phenoxy) is 2. The van der Waals surface area contributed by atoms with Gasteiger partial charge < -0.3 is 15.2 Å². The molecule has 0 radical (unpaired) electrons. The van der Waals surface area contributed by atoms with Crippen LogP contribution in [0.15, 0.2) is 24.3 Å². The maximum Gasteiger partial charge on any atom is 0.123 e. The van der Waals surface area contributed by atoms with Crippen molar-refractivity contribution in [3.63, 3.8) is 0 Å². The number of methoxy groups -OCH3 is 1. The molecule has 19 heavy (non-hydrogen) atoms. The van der Waals surface area contributed by atoms with E-state index < -0.39 is 0 Å². The fourth-order valence-corrected chi connectivity index (χ4v) is 1.98. The highest BCUT2D eigenvalue weighted by Crippen LogP contribution is 2.14. The van der Waals surface area contributed by atoms with Gasteiger partial charge in [0.15, 0.2) is 0 Å². The molecule has 0 spiro atoms. The summed E-state index contributed by atoms with van der Waals surface area (Å²) in [6.07, 6.45) is 2.92. The molecule has 1 rings (SSSR count). The topological polar surface area (TPSA) is 44.5 Å². The van der Waals surface area contributed by atoms with E-state index in [2.05, 4.69) is 0 Å². The van der Waals surface area contributed by atoms with Gasteiger partial charge in [0.1, 0.15) is 5.82 Å². The van der Waals surface area contributed by atoms with Crippen LogP contribution < -0.4 is 5.73 Å². The van der Waals surface area contributed by atoms with Crippen molar-refractivity contribution in [3.8, 4) is 0 Å². The van der Waals surface area contributed by atoms with Crippen LogP contribution in [0.4, 0.5) is 4.39 Å². The third-order valence-electron chi connectivity index (χ3n) is 3.10. The zero-order valence-corrected chi connectivity index (χ0v) is 11.6. The highest BCUT2D eigenvalue weighted by Gasteiger charge is 2.08. The SMILES string of the molecule is COCCOCCCC(CN)Cc1ccc(F)cc1. The van der Waals surface area contributed by atoms with Crippen LogP contribution in [0.25, 0.3) is 0 Å². The molecule has 1 atom stereocenters. The molecule has 0 aliphatic rings. The van der Waals surface area contributed by atoms with E-state index in [1.807, 2.05) is 12.1 Å². The average molecular weight is 269 g/mol. The van der Waals surface area contributed by atoms with Gasteiger partial charge in [0.05, 0.1) is 13.2 Å². The summed E-state index contributed by atoms with van der Waals surface area (Å²) < 4.78 is 23.1. The van der Waals surface area contributed by atoms with Crippen LogP contribution in [0.1, 0.15) is 18.4 Å². The number of halogens is 1. The Bertz CT molecular complexity index is 329. The van der Waals surface area contributed by atoms with Gasteiger partial charge in [0, 0.05) is 13.7 Å². The smallest absolute Gasteiger partial charge is 0.123 e. The molecule has 1 aromatic carbocycles. The maximum atomic E-state index is 12.8. The first-order valence-electron chi connectivity index (χ1n) is 6.77. The van der Waals surface area contributed by atoms with Crippen LogP contribution in [0.3, 0.4) is 0 Å². The van der Waals surface area contributed by atoms with Crippen LogP contribution in [0.5, 0.6) is 0 Å². The summed E-state index contributed by atoms with van der Waals surface area (Å²) in [6, 6.07) is 6.65. The van der Waals surface area contributed by atoms with E-state index in [0.29, 0.717) is 25.7 Å². The zero-order chi connectivity index (χ0) is 13.9. The summed E-state index contributed by atoms with van der Waals surface area (Å²) in [4.78, 5) is 0. The van der Waals surface area contributed by atoms with E-state index in [4.69, 9.17) is 15.2 Å². The minimum absolute atomic E-state index is 0.195. The number of benzene rings is 1. The van der Waals surface area contributed by atoms with Crippen molar-refractivity contribution in [1.82, 2.24) is 0 Å². The maximum absolute atomic E-state index is 12.8. The second kappa shape index (κ2) is 9.89. The van der Waals surface area contributed by atoms with E-state index in [9.17, 15) is 4.39 Å². The van der Waals surface area contributed by atoms with Crippen molar-refractivity contribution in [2.24, 2.45) is 11.7 Å². The zero-order valence-electron chi connectivity index (χ0n) is 11.6. The molecule has 4 heteroatoms. The predicted octanol–water partition coefficient (Wildman–Crippen LogP) is 2.39. The summed E-state index contributed by atoms with van der Waals surface area (Å²) in [5.74, 6) is 0.232. The van der Waals surface area contributed by atoms with Gasteiger partial charge >= 0.3 is 0 Å². The highest BCUT2D eigenvalue weighted by molar-refractivity contribution is 5.16. The third-order valence-corrected chi connectivity index (χ3v) is 3.10. The lowest BCUT2D eigenvalue weighted by Crippen LogP contribution is -2.17. The fraction of sp³-hybridized carbons (Fsp3) is 0.600. The van der Waals surface area contributed by atoms with Gasteiger partial charge in [-0.3, -0.25) is 0 Å². The standard InChI is InChI=1S/C15H24FNO2/c1-18-9-10-19-8-2-3-14(12-17)11-13-4-6-15(16)7-5-13/h4-7,14H,2-3,8-12,17H2,1H3. The van der Waals surface area contributed by atoms with Gasteiger partial charge in [-0.25, -0.2) is 4.39 Å². The monoisotopic (exact) mass is 269 g/mol. The molecule has 0 bridgehead atoms. The minimum Gasteiger partial charge on any atom is -0.382 e. The molecular weight excluding hydrogens is 245 g/mol. The minimum atomic E-state index is -0.195. The summed E-state index contributed by atoms with van der Waals surface area (Å²) >= 11 is 0. The Morgan fingerprint density at radius 2 is 1.89 bits per heavy atom. The largest absolute Gasteiger partial charge is 0.382 e. The lowest BCUT2D eigenvalue weighted by molar-refractivity contribution is 0.0673. The molecule has 0 amide bonds. The average Bonchev–Trinajstić information content (AvgIpc) is 2.43. The number of hydrogen-bond acceptors (Lipinski definition) is 3. The Morgan fingerprint density at radius 1 is 1.16 bits per heavy atom. The van der Waals surface area contributed by atoms with Crippen molar-refractivity contribution in [2.45, 2.75) is 19.3 Å². The van der Waals surface area contributed by atoms with Crippen molar-refractivity contribution in [1.29, 1.82) is 0 Å². The second-order valence-electron chi connectivity index (χ2n) is 4.68. The molecule has 0 saturated heterocycles. The van der Waals surface area contributed by atoms with Crippen LogP contribution >= 0.6 is 0 Å². The normalized spacial score (nSPS) is 12.6. The van der Waals surface area contributed by atoms with E-state index >= 15 is 0 Å². The van der Waals surface area contributed by atoms with Crippen LogP contribution in [0, 0.1) is 11.7 Å². The second-order valence-corrected chi connectivity index (χ2v) is 4.68. The highest BCUT2D eigenvalue weighted by atomic mass is 19.1. The quantitative estimate of drug-likeness (QED) is 0.663. The Kier molecular flexibility index (Phi) is 8.38. The van der Waals surface area contributed by atoms with Crippen molar-refractivity contribution < 1.29 is 13.9 Å². The summed E-state index contributed by atoms with van der Waals surface area (Å²) in [6.45, 7) is 2.66. The third kappa shape index (κ3) is 7.25. The Balaban J connectivity index is 2.20. The van der Waals surface area contributed by atoms with Gasteiger partial charge in [0.2, 0.25) is 0 Å². The van der Waals surface area contributed by atoms with E-state index in [-0.39, 0.29) is 5.82 Å². The number of nitrogens with two attached hydrogens (primary N) is 1. The summed E-state index contributed by atoms with van der Waals surface area (Å²) in [5, 5.41) is 0. The van der Waals surface area contributed by atoms with Crippen LogP contribution in [-0.4, -0.2) is 33.5 Å². The Hall–Kier alpha value is -0.970.